The Morgan fingerprint density at radius 1 is 1.36 bits per heavy atom. The summed E-state index contributed by atoms with van der Waals surface area (Å²) in [5.41, 5.74) is 0.598. The molecule has 6 nitrogen and oxygen atoms in total. The molecule has 0 radical (unpaired) electrons. The van der Waals surface area contributed by atoms with Crippen LogP contribution in [0.3, 0.4) is 0 Å². The number of nitrogens with zero attached hydrogens (tertiary/aromatic N) is 3. The average Bonchev–Trinajstić information content (AvgIpc) is 3.08. The highest BCUT2D eigenvalue weighted by Crippen LogP contribution is 2.40. The van der Waals surface area contributed by atoms with Gasteiger partial charge in [-0.2, -0.15) is 0 Å². The predicted molar refractivity (Wildman–Crippen MR) is 79.8 cm³/mol. The second kappa shape index (κ2) is 6.04. The van der Waals surface area contributed by atoms with Crippen LogP contribution in [0, 0.1) is 5.41 Å². The van der Waals surface area contributed by atoms with Crippen molar-refractivity contribution in [1.29, 1.82) is 0 Å². The lowest BCUT2D eigenvalue weighted by Crippen LogP contribution is -2.38. The third kappa shape index (κ3) is 2.83. The first kappa shape index (κ1) is 15.0. The molecule has 2 fully saturated rings. The summed E-state index contributed by atoms with van der Waals surface area (Å²) in [6.45, 7) is 3.03. The van der Waals surface area contributed by atoms with E-state index in [9.17, 15) is 9.59 Å². The molecule has 1 aromatic heterocycles. The fourth-order valence-electron chi connectivity index (χ4n) is 3.45. The molecule has 0 aromatic carbocycles. The largest absolute Gasteiger partial charge is 0.468 e. The Morgan fingerprint density at radius 3 is 2.91 bits per heavy atom. The number of ether oxygens (including phenoxy) is 1. The predicted octanol–water partition coefficient (Wildman–Crippen LogP) is 0.679. The van der Waals surface area contributed by atoms with E-state index in [2.05, 4.69) is 4.98 Å². The van der Waals surface area contributed by atoms with Gasteiger partial charge in [0, 0.05) is 19.3 Å². The van der Waals surface area contributed by atoms with Crippen molar-refractivity contribution >= 4 is 11.9 Å². The van der Waals surface area contributed by atoms with E-state index in [1.54, 1.807) is 6.20 Å². The van der Waals surface area contributed by atoms with Gasteiger partial charge in [0.2, 0.25) is 5.91 Å². The van der Waals surface area contributed by atoms with Gasteiger partial charge < -0.3 is 9.64 Å². The summed E-state index contributed by atoms with van der Waals surface area (Å²) in [5.74, 6) is -0.0432. The standard InChI is InChI=1S/C16H21N3O3/c1-22-14(20)11-18-8-5-16(12-18)6-9-19(15(16)21)10-13-4-2-3-7-17-13/h2-4,7H,5-6,8-12H2,1H3. The van der Waals surface area contributed by atoms with Crippen LogP contribution in [0.2, 0.25) is 0 Å². The molecule has 3 rings (SSSR count). The van der Waals surface area contributed by atoms with Crippen molar-refractivity contribution in [3.8, 4) is 0 Å². The lowest BCUT2D eigenvalue weighted by Gasteiger charge is -2.23. The Bertz CT molecular complexity index is 563. The maximum absolute atomic E-state index is 12.8. The Kier molecular flexibility index (Phi) is 4.11. The van der Waals surface area contributed by atoms with Crippen LogP contribution in [0.4, 0.5) is 0 Å². The normalized spacial score (nSPS) is 25.1. The van der Waals surface area contributed by atoms with Crippen LogP contribution >= 0.6 is 0 Å². The molecule has 2 aliphatic heterocycles. The summed E-state index contributed by atoms with van der Waals surface area (Å²) in [7, 11) is 1.39. The van der Waals surface area contributed by atoms with Crippen LogP contribution in [-0.2, 0) is 20.9 Å². The summed E-state index contributed by atoms with van der Waals surface area (Å²) in [6, 6.07) is 5.75. The van der Waals surface area contributed by atoms with Gasteiger partial charge >= 0.3 is 5.97 Å². The summed E-state index contributed by atoms with van der Waals surface area (Å²) < 4.78 is 4.71. The first-order chi connectivity index (χ1) is 10.6. The van der Waals surface area contributed by atoms with Crippen LogP contribution in [-0.4, -0.2) is 59.9 Å². The van der Waals surface area contributed by atoms with Crippen molar-refractivity contribution < 1.29 is 14.3 Å². The van der Waals surface area contributed by atoms with E-state index >= 15 is 0 Å². The zero-order valence-corrected chi connectivity index (χ0v) is 12.8. The fourth-order valence-corrected chi connectivity index (χ4v) is 3.45. The lowest BCUT2D eigenvalue weighted by molar-refractivity contribution is -0.142. The maximum Gasteiger partial charge on any atom is 0.319 e. The molecule has 2 aliphatic rings. The average molecular weight is 303 g/mol. The number of aromatic nitrogens is 1. The van der Waals surface area contributed by atoms with Crippen LogP contribution in [0.25, 0.3) is 0 Å². The van der Waals surface area contributed by atoms with Crippen LogP contribution < -0.4 is 0 Å². The monoisotopic (exact) mass is 303 g/mol. The molecule has 3 heterocycles. The molecular formula is C16H21N3O3. The topological polar surface area (TPSA) is 62.7 Å². The Hall–Kier alpha value is -1.95. The van der Waals surface area contributed by atoms with Crippen LogP contribution in [0.5, 0.6) is 0 Å². The van der Waals surface area contributed by atoms with E-state index in [4.69, 9.17) is 4.74 Å². The SMILES string of the molecule is COC(=O)CN1CCC2(CCN(Cc3ccccn3)C2=O)C1. The zero-order chi connectivity index (χ0) is 15.6. The van der Waals surface area contributed by atoms with Crippen LogP contribution in [0.1, 0.15) is 18.5 Å². The zero-order valence-electron chi connectivity index (χ0n) is 12.8. The second-order valence-corrected chi connectivity index (χ2v) is 6.11. The van der Waals surface area contributed by atoms with Gasteiger partial charge in [-0.1, -0.05) is 6.07 Å². The van der Waals surface area contributed by atoms with Gasteiger partial charge in [-0.25, -0.2) is 0 Å². The number of likely N-dealkylation sites (tertiary alicyclic amines) is 2. The number of esters is 1. The maximum atomic E-state index is 12.8. The highest BCUT2D eigenvalue weighted by atomic mass is 16.5. The van der Waals surface area contributed by atoms with E-state index in [0.29, 0.717) is 13.1 Å². The number of carbonyl (C=O) groups is 2. The van der Waals surface area contributed by atoms with Crippen molar-refractivity contribution in [1.82, 2.24) is 14.8 Å². The highest BCUT2D eigenvalue weighted by molar-refractivity contribution is 5.85. The molecule has 1 atom stereocenters. The smallest absolute Gasteiger partial charge is 0.319 e. The molecule has 0 N–H and O–H groups in total. The van der Waals surface area contributed by atoms with Crippen molar-refractivity contribution in [2.45, 2.75) is 19.4 Å². The molecule has 0 aliphatic carbocycles. The van der Waals surface area contributed by atoms with Gasteiger partial charge in [0.05, 0.1) is 31.3 Å². The number of methoxy groups -OCH3 is 1. The number of amides is 1. The molecule has 1 spiro atoms. The summed E-state index contributed by atoms with van der Waals surface area (Å²) in [4.78, 5) is 32.4. The lowest BCUT2D eigenvalue weighted by atomic mass is 9.85. The molecule has 22 heavy (non-hydrogen) atoms. The summed E-state index contributed by atoms with van der Waals surface area (Å²) >= 11 is 0. The molecule has 1 amide bonds. The van der Waals surface area contributed by atoms with Gasteiger partial charge in [0.1, 0.15) is 0 Å². The Morgan fingerprint density at radius 2 is 2.18 bits per heavy atom. The summed E-state index contributed by atoms with van der Waals surface area (Å²) in [5, 5.41) is 0. The fraction of sp³-hybridized carbons (Fsp3) is 0.562. The van der Waals surface area contributed by atoms with Gasteiger partial charge in [-0.15, -0.1) is 0 Å². The number of hydrogen-bond acceptors (Lipinski definition) is 5. The molecule has 0 bridgehead atoms. The van der Waals surface area contributed by atoms with Crippen molar-refractivity contribution in [3.05, 3.63) is 30.1 Å². The van der Waals surface area contributed by atoms with Gasteiger partial charge in [0.15, 0.2) is 0 Å². The molecule has 0 saturated carbocycles. The quantitative estimate of drug-likeness (QED) is 0.765. The van der Waals surface area contributed by atoms with E-state index in [1.807, 2.05) is 28.0 Å². The minimum absolute atomic E-state index is 0.200. The number of rotatable bonds is 4. The molecule has 1 aromatic rings. The van der Waals surface area contributed by atoms with Crippen molar-refractivity contribution in [3.63, 3.8) is 0 Å². The Balaban J connectivity index is 1.63. The first-order valence-electron chi connectivity index (χ1n) is 7.61. The number of carbonyl (C=O) groups excluding carboxylic acids is 2. The molecule has 2 saturated heterocycles. The first-order valence-corrected chi connectivity index (χ1v) is 7.61. The van der Waals surface area contributed by atoms with Crippen LogP contribution in [0.15, 0.2) is 24.4 Å². The Labute approximate surface area is 130 Å². The molecular weight excluding hydrogens is 282 g/mol. The molecule has 1 unspecified atom stereocenters. The van der Waals surface area contributed by atoms with Gasteiger partial charge in [-0.05, 0) is 31.5 Å². The number of hydrogen-bond donors (Lipinski definition) is 0. The second-order valence-electron chi connectivity index (χ2n) is 6.11. The third-order valence-corrected chi connectivity index (χ3v) is 4.69. The van der Waals surface area contributed by atoms with Gasteiger partial charge in [-0.3, -0.25) is 19.5 Å². The number of pyridine rings is 1. The third-order valence-electron chi connectivity index (χ3n) is 4.69. The summed E-state index contributed by atoms with van der Waals surface area (Å²) in [6.07, 6.45) is 3.43. The van der Waals surface area contributed by atoms with E-state index in [-0.39, 0.29) is 23.8 Å². The van der Waals surface area contributed by atoms with Crippen molar-refractivity contribution in [2.75, 3.05) is 33.3 Å². The van der Waals surface area contributed by atoms with E-state index < -0.39 is 0 Å². The molecule has 118 valence electrons. The van der Waals surface area contributed by atoms with Crippen molar-refractivity contribution in [2.24, 2.45) is 5.41 Å². The highest BCUT2D eigenvalue weighted by Gasteiger charge is 2.50. The van der Waals surface area contributed by atoms with E-state index in [1.165, 1.54) is 7.11 Å². The minimum Gasteiger partial charge on any atom is -0.468 e. The van der Waals surface area contributed by atoms with E-state index in [0.717, 1.165) is 31.6 Å². The molecule has 6 heteroatoms. The minimum atomic E-state index is -0.317. The van der Waals surface area contributed by atoms with Gasteiger partial charge in [0.25, 0.3) is 0 Å².